The van der Waals surface area contributed by atoms with E-state index in [0.29, 0.717) is 11.3 Å². The fourth-order valence-corrected chi connectivity index (χ4v) is 2.48. The van der Waals surface area contributed by atoms with Gasteiger partial charge in [0.15, 0.2) is 5.75 Å². The molecular formula is C16H13N3O5. The van der Waals surface area contributed by atoms with Gasteiger partial charge in [-0.2, -0.15) is 0 Å². The molecule has 8 heteroatoms. The minimum atomic E-state index is -0.582. The number of nitro benzene ring substituents is 1. The summed E-state index contributed by atoms with van der Waals surface area (Å²) in [6, 6.07) is 9.03. The number of carbonyl (C=O) groups is 2. The number of nitrogens with zero attached hydrogens (tertiary/aromatic N) is 1. The fraction of sp³-hybridized carbons (Fsp3) is 0.125. The van der Waals surface area contributed by atoms with Gasteiger partial charge in [-0.25, -0.2) is 0 Å². The number of nitro groups is 1. The Morgan fingerprint density at radius 2 is 2.08 bits per heavy atom. The summed E-state index contributed by atoms with van der Waals surface area (Å²) in [5, 5.41) is 16.3. The molecule has 1 aliphatic rings. The maximum absolute atomic E-state index is 12.3. The number of benzene rings is 2. The Hall–Kier alpha value is -3.42. The Balaban J connectivity index is 1.83. The molecule has 2 aromatic carbocycles. The number of rotatable bonds is 4. The first-order valence-electron chi connectivity index (χ1n) is 7.04. The maximum atomic E-state index is 12.3. The van der Waals surface area contributed by atoms with Crippen molar-refractivity contribution in [3.63, 3.8) is 0 Å². The van der Waals surface area contributed by atoms with Gasteiger partial charge < -0.3 is 15.4 Å². The molecule has 0 unspecified atom stereocenters. The molecule has 1 heterocycles. The number of amides is 2. The van der Waals surface area contributed by atoms with Gasteiger partial charge in [-0.15, -0.1) is 0 Å². The van der Waals surface area contributed by atoms with E-state index >= 15 is 0 Å². The van der Waals surface area contributed by atoms with Gasteiger partial charge in [0.1, 0.15) is 0 Å². The lowest BCUT2D eigenvalue weighted by molar-refractivity contribution is -0.385. The first-order valence-corrected chi connectivity index (χ1v) is 7.04. The maximum Gasteiger partial charge on any atom is 0.312 e. The highest BCUT2D eigenvalue weighted by molar-refractivity contribution is 6.06. The third-order valence-electron chi connectivity index (χ3n) is 3.63. The lowest BCUT2D eigenvalue weighted by Gasteiger charge is -2.08. The summed E-state index contributed by atoms with van der Waals surface area (Å²) in [5.74, 6) is -0.426. The molecule has 122 valence electrons. The first-order chi connectivity index (χ1) is 11.5. The molecule has 0 fully saturated rings. The highest BCUT2D eigenvalue weighted by atomic mass is 16.6. The van der Waals surface area contributed by atoms with Crippen molar-refractivity contribution >= 4 is 28.9 Å². The van der Waals surface area contributed by atoms with Crippen molar-refractivity contribution in [2.24, 2.45) is 0 Å². The second-order valence-electron chi connectivity index (χ2n) is 5.19. The minimum absolute atomic E-state index is 0.111. The van der Waals surface area contributed by atoms with Crippen LogP contribution >= 0.6 is 0 Å². The Labute approximate surface area is 136 Å². The van der Waals surface area contributed by atoms with Crippen LogP contribution in [0.25, 0.3) is 0 Å². The van der Waals surface area contributed by atoms with Crippen molar-refractivity contribution in [1.29, 1.82) is 0 Å². The zero-order valence-electron chi connectivity index (χ0n) is 12.7. The normalized spacial score (nSPS) is 12.3. The summed E-state index contributed by atoms with van der Waals surface area (Å²) in [6.07, 6.45) is 0.227. The smallest absolute Gasteiger partial charge is 0.312 e. The molecule has 2 N–H and O–H groups in total. The predicted octanol–water partition coefficient (Wildman–Crippen LogP) is 2.35. The van der Waals surface area contributed by atoms with Crippen LogP contribution in [-0.2, 0) is 11.2 Å². The zero-order chi connectivity index (χ0) is 17.3. The van der Waals surface area contributed by atoms with Crippen molar-refractivity contribution in [3.8, 4) is 5.75 Å². The van der Waals surface area contributed by atoms with E-state index in [1.165, 1.54) is 25.3 Å². The summed E-state index contributed by atoms with van der Waals surface area (Å²) >= 11 is 0. The Morgan fingerprint density at radius 3 is 2.79 bits per heavy atom. The van der Waals surface area contributed by atoms with Gasteiger partial charge in [0.2, 0.25) is 5.91 Å². The van der Waals surface area contributed by atoms with E-state index in [4.69, 9.17) is 4.74 Å². The van der Waals surface area contributed by atoms with Crippen LogP contribution < -0.4 is 15.4 Å². The van der Waals surface area contributed by atoms with Gasteiger partial charge in [-0.05, 0) is 35.9 Å². The second kappa shape index (κ2) is 5.99. The topological polar surface area (TPSA) is 111 Å². The summed E-state index contributed by atoms with van der Waals surface area (Å²) in [7, 11) is 1.33. The molecule has 0 aromatic heterocycles. The van der Waals surface area contributed by atoms with Crippen molar-refractivity contribution in [2.75, 3.05) is 17.7 Å². The van der Waals surface area contributed by atoms with Crippen LogP contribution in [-0.4, -0.2) is 23.8 Å². The molecule has 0 saturated carbocycles. The van der Waals surface area contributed by atoms with Crippen molar-refractivity contribution < 1.29 is 19.2 Å². The number of fused-ring (bicyclic) bond motifs is 1. The van der Waals surface area contributed by atoms with E-state index in [1.54, 1.807) is 18.2 Å². The average Bonchev–Trinajstić information content (AvgIpc) is 2.93. The van der Waals surface area contributed by atoms with Crippen molar-refractivity contribution in [3.05, 3.63) is 57.6 Å². The zero-order valence-corrected chi connectivity index (χ0v) is 12.7. The molecule has 0 spiro atoms. The molecular weight excluding hydrogens is 314 g/mol. The summed E-state index contributed by atoms with van der Waals surface area (Å²) in [5.41, 5.74) is 1.84. The van der Waals surface area contributed by atoms with E-state index in [0.717, 1.165) is 5.56 Å². The molecule has 3 rings (SSSR count). The number of anilines is 2. The monoisotopic (exact) mass is 327 g/mol. The summed E-state index contributed by atoms with van der Waals surface area (Å²) in [6.45, 7) is 0. The largest absolute Gasteiger partial charge is 0.490 e. The van der Waals surface area contributed by atoms with E-state index < -0.39 is 10.8 Å². The van der Waals surface area contributed by atoms with E-state index in [1.807, 2.05) is 0 Å². The van der Waals surface area contributed by atoms with Gasteiger partial charge in [0.25, 0.3) is 5.91 Å². The number of hydrogen-bond acceptors (Lipinski definition) is 5. The Bertz CT molecular complexity index is 863. The predicted molar refractivity (Wildman–Crippen MR) is 86.4 cm³/mol. The summed E-state index contributed by atoms with van der Waals surface area (Å²) < 4.78 is 4.92. The van der Waals surface area contributed by atoms with E-state index in [2.05, 4.69) is 10.6 Å². The quantitative estimate of drug-likeness (QED) is 0.661. The lowest BCUT2D eigenvalue weighted by atomic mass is 10.1. The molecule has 24 heavy (non-hydrogen) atoms. The second-order valence-corrected chi connectivity index (χ2v) is 5.19. The van der Waals surface area contributed by atoms with E-state index in [-0.39, 0.29) is 29.5 Å². The van der Waals surface area contributed by atoms with Crippen LogP contribution in [0.2, 0.25) is 0 Å². The molecule has 0 aliphatic carbocycles. The Kier molecular flexibility index (Phi) is 3.87. The third kappa shape index (κ3) is 2.89. The van der Waals surface area contributed by atoms with Gasteiger partial charge in [-0.1, -0.05) is 0 Å². The highest BCUT2D eigenvalue weighted by Gasteiger charge is 2.20. The third-order valence-corrected chi connectivity index (χ3v) is 3.63. The Morgan fingerprint density at radius 1 is 1.29 bits per heavy atom. The number of nitrogens with one attached hydrogen (secondary N) is 2. The van der Waals surface area contributed by atoms with Crippen LogP contribution in [0.4, 0.5) is 17.1 Å². The van der Waals surface area contributed by atoms with Crippen LogP contribution in [0.15, 0.2) is 36.4 Å². The first kappa shape index (κ1) is 15.5. The molecule has 0 atom stereocenters. The SMILES string of the molecule is COc1ccc(NC(=O)c2ccc3c(c2)CC(=O)N3)cc1[N+](=O)[O-]. The van der Waals surface area contributed by atoms with Crippen molar-refractivity contribution in [1.82, 2.24) is 0 Å². The van der Waals surface area contributed by atoms with Gasteiger partial charge in [0, 0.05) is 23.0 Å². The van der Waals surface area contributed by atoms with Gasteiger partial charge in [-0.3, -0.25) is 19.7 Å². The van der Waals surface area contributed by atoms with Crippen LogP contribution in [0.3, 0.4) is 0 Å². The fourth-order valence-electron chi connectivity index (χ4n) is 2.48. The molecule has 2 aromatic rings. The highest BCUT2D eigenvalue weighted by Crippen LogP contribution is 2.30. The van der Waals surface area contributed by atoms with Crippen molar-refractivity contribution in [2.45, 2.75) is 6.42 Å². The van der Waals surface area contributed by atoms with Gasteiger partial charge >= 0.3 is 5.69 Å². The molecule has 8 nitrogen and oxygen atoms in total. The molecule has 0 bridgehead atoms. The number of hydrogen-bond donors (Lipinski definition) is 2. The van der Waals surface area contributed by atoms with Crippen LogP contribution in [0.1, 0.15) is 15.9 Å². The minimum Gasteiger partial charge on any atom is -0.490 e. The standard InChI is InChI=1S/C16H13N3O5/c1-24-14-5-3-11(8-13(14)19(22)23)17-16(21)9-2-4-12-10(6-9)7-15(20)18-12/h2-6,8H,7H2,1H3,(H,17,21)(H,18,20). The molecule has 1 aliphatic heterocycles. The molecule has 0 radical (unpaired) electrons. The lowest BCUT2D eigenvalue weighted by Crippen LogP contribution is -2.12. The van der Waals surface area contributed by atoms with Crippen LogP contribution in [0, 0.1) is 10.1 Å². The number of ether oxygens (including phenoxy) is 1. The van der Waals surface area contributed by atoms with Crippen LogP contribution in [0.5, 0.6) is 5.75 Å². The molecule has 0 saturated heterocycles. The number of carbonyl (C=O) groups excluding carboxylic acids is 2. The van der Waals surface area contributed by atoms with E-state index in [9.17, 15) is 19.7 Å². The average molecular weight is 327 g/mol. The molecule has 2 amide bonds. The number of methoxy groups -OCH3 is 1. The van der Waals surface area contributed by atoms with Gasteiger partial charge in [0.05, 0.1) is 18.5 Å². The summed E-state index contributed by atoms with van der Waals surface area (Å²) in [4.78, 5) is 34.1.